The van der Waals surface area contributed by atoms with E-state index in [2.05, 4.69) is 15.9 Å². The molecule has 4 nitrogen and oxygen atoms in total. The highest BCUT2D eigenvalue weighted by Crippen LogP contribution is 2.40. The van der Waals surface area contributed by atoms with Crippen molar-refractivity contribution in [2.75, 3.05) is 4.90 Å². The van der Waals surface area contributed by atoms with Crippen LogP contribution in [-0.2, 0) is 9.84 Å². The predicted octanol–water partition coefficient (Wildman–Crippen LogP) is 5.41. The molecule has 0 radical (unpaired) electrons. The van der Waals surface area contributed by atoms with Crippen molar-refractivity contribution in [2.24, 2.45) is 0 Å². The fraction of sp³-hybridized carbons (Fsp3) is 0.0455. The SMILES string of the molecule is Cc1ccc(C(=O)C2=CN(c3cccc(Br)c3)c3ccccc3S2(=O)=O)cc1. The molecule has 0 amide bonds. The van der Waals surface area contributed by atoms with Gasteiger partial charge in [0.2, 0.25) is 15.6 Å². The minimum Gasteiger partial charge on any atom is -0.314 e. The predicted molar refractivity (Wildman–Crippen MR) is 114 cm³/mol. The molecule has 1 aliphatic rings. The Kier molecular flexibility index (Phi) is 4.69. The average Bonchev–Trinajstić information content (AvgIpc) is 2.68. The molecule has 28 heavy (non-hydrogen) atoms. The normalized spacial score (nSPS) is 14.9. The van der Waals surface area contributed by atoms with Gasteiger partial charge >= 0.3 is 0 Å². The second kappa shape index (κ2) is 7.04. The molecule has 0 saturated heterocycles. The zero-order chi connectivity index (χ0) is 19.9. The molecule has 0 unspecified atom stereocenters. The van der Waals surface area contributed by atoms with Gasteiger partial charge in [0.25, 0.3) is 0 Å². The number of allylic oxidation sites excluding steroid dienone is 1. The maximum Gasteiger partial charge on any atom is 0.214 e. The summed E-state index contributed by atoms with van der Waals surface area (Å²) in [6.07, 6.45) is 1.42. The summed E-state index contributed by atoms with van der Waals surface area (Å²) >= 11 is 3.45. The molecule has 1 heterocycles. The van der Waals surface area contributed by atoms with Crippen LogP contribution in [0.3, 0.4) is 0 Å². The summed E-state index contributed by atoms with van der Waals surface area (Å²) in [6.45, 7) is 1.91. The lowest BCUT2D eigenvalue weighted by Gasteiger charge is -2.29. The Labute approximate surface area is 172 Å². The number of nitrogens with zero attached hydrogens (tertiary/aromatic N) is 1. The number of anilines is 2. The maximum atomic E-state index is 13.2. The van der Waals surface area contributed by atoms with Gasteiger partial charge in [-0.15, -0.1) is 0 Å². The van der Waals surface area contributed by atoms with E-state index in [0.717, 1.165) is 15.7 Å². The van der Waals surface area contributed by atoms with Gasteiger partial charge in [0, 0.05) is 21.9 Å². The number of hydrogen-bond acceptors (Lipinski definition) is 4. The first-order valence-corrected chi connectivity index (χ1v) is 10.9. The van der Waals surface area contributed by atoms with Crippen LogP contribution >= 0.6 is 15.9 Å². The lowest BCUT2D eigenvalue weighted by Crippen LogP contribution is -2.25. The van der Waals surface area contributed by atoms with Crippen LogP contribution in [0.25, 0.3) is 0 Å². The number of aryl methyl sites for hydroxylation is 1. The third-order valence-electron chi connectivity index (χ3n) is 4.57. The van der Waals surface area contributed by atoms with Crippen molar-refractivity contribution < 1.29 is 13.2 Å². The molecule has 3 aromatic rings. The van der Waals surface area contributed by atoms with Crippen molar-refractivity contribution in [1.29, 1.82) is 0 Å². The Balaban J connectivity index is 1.92. The Hall–Kier alpha value is -2.70. The van der Waals surface area contributed by atoms with E-state index in [1.165, 1.54) is 12.3 Å². The minimum atomic E-state index is -3.93. The quantitative estimate of drug-likeness (QED) is 0.497. The number of carbonyl (C=O) groups excluding carboxylic acids is 1. The molecule has 0 N–H and O–H groups in total. The van der Waals surface area contributed by atoms with Gasteiger partial charge in [-0.3, -0.25) is 4.79 Å². The Bertz CT molecular complexity index is 1210. The Morgan fingerprint density at radius 2 is 1.64 bits per heavy atom. The van der Waals surface area contributed by atoms with Gasteiger partial charge in [0.05, 0.1) is 10.6 Å². The highest BCUT2D eigenvalue weighted by molar-refractivity contribution is 9.10. The van der Waals surface area contributed by atoms with Gasteiger partial charge in [-0.1, -0.05) is 64.0 Å². The lowest BCUT2D eigenvalue weighted by molar-refractivity contribution is 0.104. The topological polar surface area (TPSA) is 54.5 Å². The van der Waals surface area contributed by atoms with E-state index in [1.807, 2.05) is 31.2 Å². The summed E-state index contributed by atoms with van der Waals surface area (Å²) in [5.74, 6) is -0.519. The number of sulfone groups is 1. The first-order chi connectivity index (χ1) is 13.4. The van der Waals surface area contributed by atoms with Crippen LogP contribution < -0.4 is 4.90 Å². The molecule has 0 aromatic heterocycles. The number of ketones is 1. The van der Waals surface area contributed by atoms with Crippen molar-refractivity contribution in [1.82, 2.24) is 0 Å². The number of rotatable bonds is 3. The first-order valence-electron chi connectivity index (χ1n) is 8.60. The molecule has 0 atom stereocenters. The summed E-state index contributed by atoms with van der Waals surface area (Å²) in [4.78, 5) is 14.7. The Morgan fingerprint density at radius 3 is 2.36 bits per heavy atom. The van der Waals surface area contributed by atoms with E-state index in [4.69, 9.17) is 0 Å². The second-order valence-corrected chi connectivity index (χ2v) is 9.31. The summed E-state index contributed by atoms with van der Waals surface area (Å²) in [7, 11) is -3.93. The van der Waals surface area contributed by atoms with Crippen LogP contribution in [0.15, 0.2) is 93.3 Å². The van der Waals surface area contributed by atoms with E-state index >= 15 is 0 Å². The van der Waals surface area contributed by atoms with Gasteiger partial charge in [0.15, 0.2) is 0 Å². The smallest absolute Gasteiger partial charge is 0.214 e. The standard InChI is InChI=1S/C22H16BrNO3S/c1-15-9-11-16(12-10-15)22(25)21-14-24(18-6-4-5-17(23)13-18)19-7-2-3-8-20(19)28(21,26)27/h2-14H,1H3. The number of benzene rings is 3. The lowest BCUT2D eigenvalue weighted by atomic mass is 10.1. The molecule has 4 rings (SSSR count). The summed E-state index contributed by atoms with van der Waals surface area (Å²) in [5.41, 5.74) is 2.61. The van der Waals surface area contributed by atoms with E-state index < -0.39 is 15.6 Å². The van der Waals surface area contributed by atoms with Crippen molar-refractivity contribution in [3.63, 3.8) is 0 Å². The van der Waals surface area contributed by atoms with E-state index in [0.29, 0.717) is 11.3 Å². The molecule has 0 aliphatic carbocycles. The molecule has 0 fully saturated rings. The number of Topliss-reactive ketones (excluding diaryl/α,β-unsaturated/α-hetero) is 1. The van der Waals surface area contributed by atoms with Gasteiger partial charge < -0.3 is 4.90 Å². The maximum absolute atomic E-state index is 13.2. The van der Waals surface area contributed by atoms with Crippen LogP contribution in [0.2, 0.25) is 0 Å². The molecule has 6 heteroatoms. The van der Waals surface area contributed by atoms with Crippen molar-refractivity contribution in [3.8, 4) is 0 Å². The number of para-hydroxylation sites is 1. The average molecular weight is 454 g/mol. The monoisotopic (exact) mass is 453 g/mol. The largest absolute Gasteiger partial charge is 0.314 e. The van der Waals surface area contributed by atoms with Crippen molar-refractivity contribution >= 4 is 42.9 Å². The Morgan fingerprint density at radius 1 is 0.929 bits per heavy atom. The van der Waals surface area contributed by atoms with Crippen LogP contribution in [0.4, 0.5) is 11.4 Å². The molecule has 0 saturated carbocycles. The number of fused-ring (bicyclic) bond motifs is 1. The van der Waals surface area contributed by atoms with E-state index in [9.17, 15) is 13.2 Å². The number of halogens is 1. The zero-order valence-electron chi connectivity index (χ0n) is 15.0. The molecule has 140 valence electrons. The summed E-state index contributed by atoms with van der Waals surface area (Å²) in [6, 6.07) is 21.1. The van der Waals surface area contributed by atoms with E-state index in [1.54, 1.807) is 47.4 Å². The highest BCUT2D eigenvalue weighted by atomic mass is 79.9. The van der Waals surface area contributed by atoms with E-state index in [-0.39, 0.29) is 9.80 Å². The third kappa shape index (κ3) is 3.19. The fourth-order valence-corrected chi connectivity index (χ4v) is 5.06. The number of hydrogen-bond donors (Lipinski definition) is 0. The molecule has 3 aromatic carbocycles. The fourth-order valence-electron chi connectivity index (χ4n) is 3.13. The van der Waals surface area contributed by atoms with Crippen molar-refractivity contribution in [3.05, 3.63) is 99.5 Å². The van der Waals surface area contributed by atoms with Crippen LogP contribution in [0.5, 0.6) is 0 Å². The zero-order valence-corrected chi connectivity index (χ0v) is 17.4. The third-order valence-corrected chi connectivity index (χ3v) is 6.86. The molecular formula is C22H16BrNO3S. The van der Waals surface area contributed by atoms with Gasteiger partial charge in [-0.05, 0) is 37.3 Å². The molecular weight excluding hydrogens is 438 g/mol. The van der Waals surface area contributed by atoms with Crippen molar-refractivity contribution in [2.45, 2.75) is 11.8 Å². The molecule has 1 aliphatic heterocycles. The molecule has 0 spiro atoms. The van der Waals surface area contributed by atoms with Crippen LogP contribution in [0, 0.1) is 6.92 Å². The van der Waals surface area contributed by atoms with Gasteiger partial charge in [0.1, 0.15) is 4.91 Å². The van der Waals surface area contributed by atoms with Crippen LogP contribution in [0.1, 0.15) is 15.9 Å². The van der Waals surface area contributed by atoms with Gasteiger partial charge in [-0.2, -0.15) is 0 Å². The molecule has 0 bridgehead atoms. The van der Waals surface area contributed by atoms with Crippen LogP contribution in [-0.4, -0.2) is 14.2 Å². The summed E-state index contributed by atoms with van der Waals surface area (Å²) in [5, 5.41) is 0. The highest BCUT2D eigenvalue weighted by Gasteiger charge is 2.35. The van der Waals surface area contributed by atoms with Gasteiger partial charge in [-0.25, -0.2) is 8.42 Å². The first kappa shape index (κ1) is 18.7. The number of carbonyl (C=O) groups is 1. The summed E-state index contributed by atoms with van der Waals surface area (Å²) < 4.78 is 27.3. The minimum absolute atomic E-state index is 0.118. The second-order valence-electron chi connectivity index (χ2n) is 6.51.